The van der Waals surface area contributed by atoms with Crippen molar-refractivity contribution in [1.82, 2.24) is 0 Å². The van der Waals surface area contributed by atoms with Crippen LogP contribution in [-0.4, -0.2) is 19.3 Å². The molecule has 0 saturated carbocycles. The molecule has 0 aliphatic carbocycles. The number of rotatable bonds is 3. The number of hydrogen-bond donors (Lipinski definition) is 1. The summed E-state index contributed by atoms with van der Waals surface area (Å²) in [5, 5.41) is 2.49. The lowest BCUT2D eigenvalue weighted by Crippen LogP contribution is -2.13. The van der Waals surface area contributed by atoms with E-state index in [1.54, 1.807) is 13.2 Å². The number of carbonyl (C=O) groups is 2. The minimum absolute atomic E-state index is 0.249. The fraction of sp³-hybridized carbons (Fsp3) is 0.273. The second-order valence-electron chi connectivity index (χ2n) is 3.24. The van der Waals surface area contributed by atoms with Crippen molar-refractivity contribution in [2.45, 2.75) is 13.8 Å². The second kappa shape index (κ2) is 4.59. The molecular weight excluding hydrogens is 194 g/mol. The van der Waals surface area contributed by atoms with Crippen molar-refractivity contribution in [3.8, 4) is 5.75 Å². The Kier molecular flexibility index (Phi) is 3.44. The van der Waals surface area contributed by atoms with E-state index < -0.39 is 5.91 Å². The summed E-state index contributed by atoms with van der Waals surface area (Å²) in [6.07, 6.45) is 0.249. The van der Waals surface area contributed by atoms with Crippen LogP contribution in [0, 0.1) is 13.8 Å². The van der Waals surface area contributed by atoms with E-state index in [2.05, 4.69) is 5.32 Å². The van der Waals surface area contributed by atoms with Crippen molar-refractivity contribution < 1.29 is 14.3 Å². The Morgan fingerprint density at radius 2 is 2.00 bits per heavy atom. The Balaban J connectivity index is 3.05. The molecule has 1 N–H and O–H groups in total. The zero-order valence-electron chi connectivity index (χ0n) is 8.96. The van der Waals surface area contributed by atoms with Crippen LogP contribution in [0.3, 0.4) is 0 Å². The summed E-state index contributed by atoms with van der Waals surface area (Å²) < 4.78 is 5.13. The first kappa shape index (κ1) is 11.2. The van der Waals surface area contributed by atoms with Gasteiger partial charge in [-0.25, -0.2) is 0 Å². The van der Waals surface area contributed by atoms with E-state index in [0.29, 0.717) is 5.69 Å². The lowest BCUT2D eigenvalue weighted by atomic mass is 10.1. The maximum Gasteiger partial charge on any atom is 0.288 e. The molecule has 1 rings (SSSR count). The fourth-order valence-electron chi connectivity index (χ4n) is 1.31. The van der Waals surface area contributed by atoms with Crippen LogP contribution in [0.25, 0.3) is 0 Å². The summed E-state index contributed by atoms with van der Waals surface area (Å²) in [6.45, 7) is 3.71. The van der Waals surface area contributed by atoms with Gasteiger partial charge in [0, 0.05) is 5.69 Å². The van der Waals surface area contributed by atoms with Crippen molar-refractivity contribution >= 4 is 17.9 Å². The SMILES string of the molecule is COc1cc(C)c(NC(=O)C=O)cc1C. The molecule has 0 unspecified atom stereocenters. The van der Waals surface area contributed by atoms with Gasteiger partial charge < -0.3 is 10.1 Å². The molecule has 1 aromatic rings. The minimum atomic E-state index is -0.650. The highest BCUT2D eigenvalue weighted by Gasteiger charge is 2.06. The molecule has 0 saturated heterocycles. The van der Waals surface area contributed by atoms with Gasteiger partial charge in [0.25, 0.3) is 5.91 Å². The van der Waals surface area contributed by atoms with Crippen LogP contribution < -0.4 is 10.1 Å². The number of hydrogen-bond acceptors (Lipinski definition) is 3. The maximum absolute atomic E-state index is 10.9. The first-order chi connectivity index (χ1) is 7.08. The third kappa shape index (κ3) is 2.56. The Labute approximate surface area is 88.2 Å². The molecule has 0 aliphatic rings. The quantitative estimate of drug-likeness (QED) is 0.603. The van der Waals surface area contributed by atoms with Gasteiger partial charge in [0.2, 0.25) is 6.29 Å². The number of amides is 1. The van der Waals surface area contributed by atoms with Crippen LogP contribution in [0.5, 0.6) is 5.75 Å². The third-order valence-electron chi connectivity index (χ3n) is 2.11. The first-order valence-electron chi connectivity index (χ1n) is 4.50. The van der Waals surface area contributed by atoms with E-state index >= 15 is 0 Å². The summed E-state index contributed by atoms with van der Waals surface area (Å²) >= 11 is 0. The van der Waals surface area contributed by atoms with E-state index in [1.807, 2.05) is 19.9 Å². The van der Waals surface area contributed by atoms with Crippen molar-refractivity contribution in [3.05, 3.63) is 23.3 Å². The number of benzene rings is 1. The molecule has 80 valence electrons. The zero-order valence-corrected chi connectivity index (χ0v) is 8.96. The number of nitrogens with one attached hydrogen (secondary N) is 1. The molecule has 4 heteroatoms. The average molecular weight is 207 g/mol. The molecule has 0 aliphatic heterocycles. The van der Waals surface area contributed by atoms with Crippen LogP contribution in [0.4, 0.5) is 5.69 Å². The van der Waals surface area contributed by atoms with Crippen LogP contribution in [0.2, 0.25) is 0 Å². The number of aryl methyl sites for hydroxylation is 2. The van der Waals surface area contributed by atoms with Crippen molar-refractivity contribution in [3.63, 3.8) is 0 Å². The van der Waals surface area contributed by atoms with Gasteiger partial charge in [0.15, 0.2) is 0 Å². The topological polar surface area (TPSA) is 55.4 Å². The van der Waals surface area contributed by atoms with Crippen molar-refractivity contribution in [1.29, 1.82) is 0 Å². The smallest absolute Gasteiger partial charge is 0.288 e. The van der Waals surface area contributed by atoms with Gasteiger partial charge in [-0.3, -0.25) is 9.59 Å². The van der Waals surface area contributed by atoms with Gasteiger partial charge >= 0.3 is 0 Å². The van der Waals surface area contributed by atoms with Crippen LogP contribution >= 0.6 is 0 Å². The lowest BCUT2D eigenvalue weighted by Gasteiger charge is -2.10. The normalized spacial score (nSPS) is 9.53. The highest BCUT2D eigenvalue weighted by molar-refractivity contribution is 6.29. The van der Waals surface area contributed by atoms with Crippen LogP contribution in [0.1, 0.15) is 11.1 Å². The van der Waals surface area contributed by atoms with E-state index in [-0.39, 0.29) is 6.29 Å². The molecule has 1 amide bonds. The Hall–Kier alpha value is -1.84. The summed E-state index contributed by atoms with van der Waals surface area (Å²) in [4.78, 5) is 21.1. The van der Waals surface area contributed by atoms with Gasteiger partial charge in [-0.1, -0.05) is 0 Å². The standard InChI is InChI=1S/C11H13NO3/c1-7-5-10(15-3)8(2)4-9(7)12-11(14)6-13/h4-6H,1-3H3,(H,12,14). The minimum Gasteiger partial charge on any atom is -0.496 e. The molecule has 1 aromatic carbocycles. The molecule has 0 aromatic heterocycles. The fourth-order valence-corrected chi connectivity index (χ4v) is 1.31. The predicted molar refractivity (Wildman–Crippen MR) is 57.2 cm³/mol. The van der Waals surface area contributed by atoms with Crippen LogP contribution in [-0.2, 0) is 9.59 Å². The Bertz CT molecular complexity index is 399. The number of anilines is 1. The number of carbonyl (C=O) groups excluding carboxylic acids is 2. The number of methoxy groups -OCH3 is 1. The van der Waals surface area contributed by atoms with Crippen molar-refractivity contribution in [2.75, 3.05) is 12.4 Å². The second-order valence-corrected chi connectivity index (χ2v) is 3.24. The summed E-state index contributed by atoms with van der Waals surface area (Å²) in [5.74, 6) is 0.110. The van der Waals surface area contributed by atoms with E-state index in [1.165, 1.54) is 0 Å². The monoisotopic (exact) mass is 207 g/mol. The van der Waals surface area contributed by atoms with Crippen molar-refractivity contribution in [2.24, 2.45) is 0 Å². The Morgan fingerprint density at radius 3 is 2.53 bits per heavy atom. The van der Waals surface area contributed by atoms with Gasteiger partial charge in [0.05, 0.1) is 7.11 Å². The highest BCUT2D eigenvalue weighted by Crippen LogP contribution is 2.25. The summed E-state index contributed by atoms with van der Waals surface area (Å²) in [5.41, 5.74) is 2.39. The van der Waals surface area contributed by atoms with E-state index in [4.69, 9.17) is 4.74 Å². The average Bonchev–Trinajstić information content (AvgIpc) is 2.22. The highest BCUT2D eigenvalue weighted by atomic mass is 16.5. The summed E-state index contributed by atoms with van der Waals surface area (Å²) in [7, 11) is 1.59. The van der Waals surface area contributed by atoms with Gasteiger partial charge in [-0.15, -0.1) is 0 Å². The van der Waals surface area contributed by atoms with E-state index in [9.17, 15) is 9.59 Å². The molecule has 4 nitrogen and oxygen atoms in total. The predicted octanol–water partition coefficient (Wildman–Crippen LogP) is 1.45. The molecule has 0 spiro atoms. The number of aldehydes is 1. The Morgan fingerprint density at radius 1 is 1.33 bits per heavy atom. The van der Waals surface area contributed by atoms with Gasteiger partial charge in [-0.05, 0) is 37.1 Å². The molecule has 0 heterocycles. The largest absolute Gasteiger partial charge is 0.496 e. The summed E-state index contributed by atoms with van der Waals surface area (Å²) in [6, 6.07) is 3.59. The molecular formula is C11H13NO3. The number of ether oxygens (including phenoxy) is 1. The molecule has 0 radical (unpaired) electrons. The van der Waals surface area contributed by atoms with E-state index in [0.717, 1.165) is 16.9 Å². The van der Waals surface area contributed by atoms with Crippen LogP contribution in [0.15, 0.2) is 12.1 Å². The maximum atomic E-state index is 10.9. The first-order valence-corrected chi connectivity index (χ1v) is 4.50. The molecule has 15 heavy (non-hydrogen) atoms. The van der Waals surface area contributed by atoms with Gasteiger partial charge in [0.1, 0.15) is 5.75 Å². The molecule has 0 bridgehead atoms. The lowest BCUT2D eigenvalue weighted by molar-refractivity contribution is -0.127. The molecule has 0 atom stereocenters. The van der Waals surface area contributed by atoms with Gasteiger partial charge in [-0.2, -0.15) is 0 Å². The molecule has 0 fully saturated rings. The zero-order chi connectivity index (χ0) is 11.4. The third-order valence-corrected chi connectivity index (χ3v) is 2.11.